The molecule has 74 valence electrons. The van der Waals surface area contributed by atoms with Crippen LogP contribution in [0.2, 0.25) is 0 Å². The van der Waals surface area contributed by atoms with Crippen molar-refractivity contribution in [1.29, 1.82) is 0 Å². The Hall–Kier alpha value is -1.35. The van der Waals surface area contributed by atoms with E-state index in [1.54, 1.807) is 0 Å². The molecule has 0 unspecified atom stereocenters. The summed E-state index contributed by atoms with van der Waals surface area (Å²) in [4.78, 5) is 4.20. The minimum absolute atomic E-state index is 0.759. The molecule has 0 aliphatic heterocycles. The largest absolute Gasteiger partial charge is 0.443 e. The smallest absolute Gasteiger partial charge is 0.181 e. The quantitative estimate of drug-likeness (QED) is 0.751. The fourth-order valence-electron chi connectivity index (χ4n) is 1.61. The van der Waals surface area contributed by atoms with Gasteiger partial charge in [0.1, 0.15) is 5.52 Å². The molecule has 3 nitrogen and oxygen atoms in total. The maximum Gasteiger partial charge on any atom is 0.181 e. The lowest BCUT2D eigenvalue weighted by Gasteiger charge is -2.00. The number of fused-ring (bicyclic) bond motifs is 1. The minimum Gasteiger partial charge on any atom is -0.443 e. The molecule has 0 aliphatic rings. The first-order chi connectivity index (χ1) is 6.92. The third-order valence-electron chi connectivity index (χ3n) is 2.34. The molecule has 0 aliphatic carbocycles. The van der Waals surface area contributed by atoms with E-state index in [-0.39, 0.29) is 0 Å². The van der Waals surface area contributed by atoms with Gasteiger partial charge >= 0.3 is 0 Å². The topological polar surface area (TPSA) is 52.0 Å². The Bertz CT molecular complexity index is 408. The Morgan fingerprint density at radius 2 is 2.21 bits per heavy atom. The maximum absolute atomic E-state index is 5.45. The number of nitrogens with zero attached hydrogens (tertiary/aromatic N) is 1. The average Bonchev–Trinajstić information content (AvgIpc) is 2.67. The van der Waals surface area contributed by atoms with Crippen LogP contribution in [-0.2, 0) is 6.42 Å². The van der Waals surface area contributed by atoms with E-state index in [4.69, 9.17) is 10.2 Å². The first-order valence-corrected chi connectivity index (χ1v) is 4.93. The minimum atomic E-state index is 0.759. The number of unbranched alkanes of at least 4 members (excludes halogenated alkanes) is 1. The molecule has 2 aromatic rings. The van der Waals surface area contributed by atoms with E-state index in [1.807, 2.05) is 12.1 Å². The second-order valence-electron chi connectivity index (χ2n) is 3.36. The van der Waals surface area contributed by atoms with Gasteiger partial charge in [0.2, 0.25) is 0 Å². The zero-order valence-corrected chi connectivity index (χ0v) is 8.07. The second-order valence-corrected chi connectivity index (χ2v) is 3.36. The Morgan fingerprint density at radius 1 is 1.29 bits per heavy atom. The van der Waals surface area contributed by atoms with E-state index in [9.17, 15) is 0 Å². The van der Waals surface area contributed by atoms with Crippen molar-refractivity contribution in [2.45, 2.75) is 19.3 Å². The molecule has 0 bridgehead atoms. The standard InChI is InChI=1S/C11H14N2O/c12-7-2-1-4-9-5-3-6-10-11(9)13-8-14-10/h3,5-6,8H,1-2,4,7,12H2. The maximum atomic E-state index is 5.45. The lowest BCUT2D eigenvalue weighted by molar-refractivity contribution is 0.602. The fourth-order valence-corrected chi connectivity index (χ4v) is 1.61. The van der Waals surface area contributed by atoms with Gasteiger partial charge in [0.15, 0.2) is 12.0 Å². The van der Waals surface area contributed by atoms with Gasteiger partial charge in [-0.25, -0.2) is 4.98 Å². The van der Waals surface area contributed by atoms with Crippen molar-refractivity contribution >= 4 is 11.1 Å². The average molecular weight is 190 g/mol. The van der Waals surface area contributed by atoms with Crippen LogP contribution in [0.15, 0.2) is 29.0 Å². The summed E-state index contributed by atoms with van der Waals surface area (Å²) in [6.07, 6.45) is 4.70. The highest BCUT2D eigenvalue weighted by molar-refractivity contribution is 5.75. The number of hydrogen-bond acceptors (Lipinski definition) is 3. The summed E-state index contributed by atoms with van der Waals surface area (Å²) in [6.45, 7) is 0.759. The lowest BCUT2D eigenvalue weighted by atomic mass is 10.1. The predicted octanol–water partition coefficient (Wildman–Crippen LogP) is 2.11. The number of benzene rings is 1. The molecule has 0 amide bonds. The molecule has 0 spiro atoms. The Kier molecular flexibility index (Phi) is 2.79. The van der Waals surface area contributed by atoms with Gasteiger partial charge < -0.3 is 10.2 Å². The predicted molar refractivity (Wildman–Crippen MR) is 56.0 cm³/mol. The van der Waals surface area contributed by atoms with Crippen molar-refractivity contribution < 1.29 is 4.42 Å². The summed E-state index contributed by atoms with van der Waals surface area (Å²) in [5, 5.41) is 0. The SMILES string of the molecule is NCCCCc1cccc2ocnc12. The Morgan fingerprint density at radius 3 is 3.07 bits per heavy atom. The first-order valence-electron chi connectivity index (χ1n) is 4.93. The first kappa shape index (κ1) is 9.21. The molecule has 3 heteroatoms. The molecular weight excluding hydrogens is 176 g/mol. The van der Waals surface area contributed by atoms with E-state index in [2.05, 4.69) is 11.1 Å². The molecule has 14 heavy (non-hydrogen) atoms. The summed E-state index contributed by atoms with van der Waals surface area (Å²) in [6, 6.07) is 6.04. The van der Waals surface area contributed by atoms with E-state index in [0.29, 0.717) is 0 Å². The third kappa shape index (κ3) is 1.77. The van der Waals surface area contributed by atoms with Crippen LogP contribution >= 0.6 is 0 Å². The number of aromatic nitrogens is 1. The number of rotatable bonds is 4. The number of aryl methyl sites for hydroxylation is 1. The van der Waals surface area contributed by atoms with Gasteiger partial charge in [-0.2, -0.15) is 0 Å². The zero-order chi connectivity index (χ0) is 9.80. The molecular formula is C11H14N2O. The molecule has 0 radical (unpaired) electrons. The van der Waals surface area contributed by atoms with Crippen LogP contribution in [0.5, 0.6) is 0 Å². The molecule has 1 aromatic carbocycles. The molecule has 0 saturated heterocycles. The fraction of sp³-hybridized carbons (Fsp3) is 0.364. The van der Waals surface area contributed by atoms with Gasteiger partial charge in [-0.15, -0.1) is 0 Å². The number of hydrogen-bond donors (Lipinski definition) is 1. The molecule has 0 atom stereocenters. The summed E-state index contributed by atoms with van der Waals surface area (Å²) < 4.78 is 5.23. The van der Waals surface area contributed by atoms with E-state index < -0.39 is 0 Å². The van der Waals surface area contributed by atoms with Crippen molar-refractivity contribution in [2.75, 3.05) is 6.54 Å². The molecule has 1 heterocycles. The van der Waals surface area contributed by atoms with Crippen LogP contribution in [0, 0.1) is 0 Å². The zero-order valence-electron chi connectivity index (χ0n) is 8.07. The molecule has 0 fully saturated rings. The van der Waals surface area contributed by atoms with Crippen molar-refractivity contribution in [3.63, 3.8) is 0 Å². The molecule has 2 N–H and O–H groups in total. The monoisotopic (exact) mass is 190 g/mol. The summed E-state index contributed by atoms with van der Waals surface area (Å²) in [5.41, 5.74) is 8.57. The molecule has 0 saturated carbocycles. The highest BCUT2D eigenvalue weighted by Crippen LogP contribution is 2.18. The Balaban J connectivity index is 2.19. The molecule has 1 aromatic heterocycles. The van der Waals surface area contributed by atoms with Crippen LogP contribution in [0.3, 0.4) is 0 Å². The lowest BCUT2D eigenvalue weighted by Crippen LogP contribution is -1.99. The number of para-hydroxylation sites is 1. The summed E-state index contributed by atoms with van der Waals surface area (Å²) >= 11 is 0. The van der Waals surface area contributed by atoms with Gasteiger partial charge in [0.05, 0.1) is 0 Å². The van der Waals surface area contributed by atoms with Crippen LogP contribution in [0.25, 0.3) is 11.1 Å². The van der Waals surface area contributed by atoms with Gasteiger partial charge in [-0.3, -0.25) is 0 Å². The van der Waals surface area contributed by atoms with Crippen molar-refractivity contribution in [3.05, 3.63) is 30.2 Å². The Labute approximate surface area is 82.9 Å². The van der Waals surface area contributed by atoms with Crippen LogP contribution < -0.4 is 5.73 Å². The highest BCUT2D eigenvalue weighted by atomic mass is 16.3. The van der Waals surface area contributed by atoms with E-state index >= 15 is 0 Å². The van der Waals surface area contributed by atoms with Gasteiger partial charge in [-0.05, 0) is 37.4 Å². The van der Waals surface area contributed by atoms with E-state index in [0.717, 1.165) is 36.9 Å². The normalized spacial score (nSPS) is 10.9. The summed E-state index contributed by atoms with van der Waals surface area (Å²) in [5.74, 6) is 0. The molecule has 2 rings (SSSR count). The van der Waals surface area contributed by atoms with Crippen molar-refractivity contribution in [2.24, 2.45) is 5.73 Å². The van der Waals surface area contributed by atoms with Crippen LogP contribution in [-0.4, -0.2) is 11.5 Å². The highest BCUT2D eigenvalue weighted by Gasteiger charge is 2.03. The van der Waals surface area contributed by atoms with Crippen LogP contribution in [0.1, 0.15) is 18.4 Å². The number of oxazole rings is 1. The second kappa shape index (κ2) is 4.24. The summed E-state index contributed by atoms with van der Waals surface area (Å²) in [7, 11) is 0. The van der Waals surface area contributed by atoms with E-state index in [1.165, 1.54) is 12.0 Å². The van der Waals surface area contributed by atoms with Gasteiger partial charge in [0.25, 0.3) is 0 Å². The van der Waals surface area contributed by atoms with Gasteiger partial charge in [0, 0.05) is 0 Å². The van der Waals surface area contributed by atoms with Crippen LogP contribution in [0.4, 0.5) is 0 Å². The van der Waals surface area contributed by atoms with Crippen molar-refractivity contribution in [1.82, 2.24) is 4.98 Å². The van der Waals surface area contributed by atoms with Crippen molar-refractivity contribution in [3.8, 4) is 0 Å². The van der Waals surface area contributed by atoms with Gasteiger partial charge in [-0.1, -0.05) is 12.1 Å². The third-order valence-corrected chi connectivity index (χ3v) is 2.34. The number of nitrogens with two attached hydrogens (primary N) is 1.